The van der Waals surface area contributed by atoms with Crippen molar-refractivity contribution in [2.45, 2.75) is 134 Å². The summed E-state index contributed by atoms with van der Waals surface area (Å²) in [5, 5.41) is 10.3. The normalized spacial score (nSPS) is 22.5. The minimum Gasteiger partial charge on any atom is -0.378 e. The Kier molecular flexibility index (Phi) is 11.4. The van der Waals surface area contributed by atoms with Gasteiger partial charge in [0.15, 0.2) is 5.79 Å². The smallest absolute Gasteiger partial charge is 0.169 e. The highest BCUT2D eigenvalue weighted by atomic mass is 16.7. The van der Waals surface area contributed by atoms with Crippen LogP contribution in [-0.4, -0.2) is 29.7 Å². The topological polar surface area (TPSA) is 38.7 Å². The van der Waals surface area contributed by atoms with Crippen molar-refractivity contribution in [3.8, 4) is 11.8 Å². The molecule has 0 aromatic carbocycles. The van der Waals surface area contributed by atoms with Crippen molar-refractivity contribution in [3.63, 3.8) is 0 Å². The van der Waals surface area contributed by atoms with Crippen LogP contribution in [0.15, 0.2) is 0 Å². The van der Waals surface area contributed by atoms with E-state index in [0.717, 1.165) is 38.5 Å². The summed E-state index contributed by atoms with van der Waals surface area (Å²) in [7, 11) is 0. The summed E-state index contributed by atoms with van der Waals surface area (Å²) in [5.41, 5.74) is 0. The Hall–Kier alpha value is -0.560. The van der Waals surface area contributed by atoms with Crippen molar-refractivity contribution in [1.29, 1.82) is 0 Å². The number of rotatable bonds is 12. The van der Waals surface area contributed by atoms with Crippen LogP contribution in [-0.2, 0) is 9.47 Å². The molecule has 3 heteroatoms. The Bertz CT molecular complexity index is 431. The van der Waals surface area contributed by atoms with E-state index in [9.17, 15) is 5.11 Å². The minimum atomic E-state index is -0.709. The summed E-state index contributed by atoms with van der Waals surface area (Å²) in [4.78, 5) is 0. The number of hydrogen-bond donors (Lipinski definition) is 1. The summed E-state index contributed by atoms with van der Waals surface area (Å²) in [6.07, 6.45) is 20.3. The molecule has 1 spiro atoms. The summed E-state index contributed by atoms with van der Waals surface area (Å²) in [6.45, 7) is 2.75. The number of hydrogen-bond acceptors (Lipinski definition) is 3. The van der Waals surface area contributed by atoms with Crippen molar-refractivity contribution in [2.24, 2.45) is 0 Å². The Morgan fingerprint density at radius 2 is 1.48 bits per heavy atom. The molecule has 0 amide bonds. The highest BCUT2D eigenvalue weighted by Gasteiger charge is 2.44. The van der Waals surface area contributed by atoms with Gasteiger partial charge in [0, 0.05) is 19.3 Å². The van der Waals surface area contributed by atoms with E-state index < -0.39 is 11.9 Å². The lowest BCUT2D eigenvalue weighted by atomic mass is 9.94. The maximum absolute atomic E-state index is 10.3. The quantitative estimate of drug-likeness (QED) is 0.328. The van der Waals surface area contributed by atoms with Crippen LogP contribution in [0.4, 0.5) is 0 Å². The molecule has 0 aromatic rings. The molecule has 1 saturated carbocycles. The van der Waals surface area contributed by atoms with Crippen LogP contribution in [0.3, 0.4) is 0 Å². The van der Waals surface area contributed by atoms with Crippen LogP contribution >= 0.6 is 0 Å². The van der Waals surface area contributed by atoms with E-state index in [2.05, 4.69) is 18.8 Å². The Morgan fingerprint density at radius 3 is 2.11 bits per heavy atom. The fourth-order valence-electron chi connectivity index (χ4n) is 4.23. The molecule has 0 bridgehead atoms. The van der Waals surface area contributed by atoms with Crippen molar-refractivity contribution < 1.29 is 14.6 Å². The van der Waals surface area contributed by atoms with Crippen molar-refractivity contribution in [1.82, 2.24) is 0 Å². The van der Waals surface area contributed by atoms with Crippen LogP contribution in [0.25, 0.3) is 0 Å². The van der Waals surface area contributed by atoms with Gasteiger partial charge in [0.1, 0.15) is 12.2 Å². The monoisotopic (exact) mass is 378 g/mol. The fraction of sp³-hybridized carbons (Fsp3) is 0.917. The van der Waals surface area contributed by atoms with E-state index in [0.29, 0.717) is 6.61 Å². The first-order valence-electron chi connectivity index (χ1n) is 11.7. The van der Waals surface area contributed by atoms with Crippen LogP contribution in [0.5, 0.6) is 0 Å². The van der Waals surface area contributed by atoms with Gasteiger partial charge in [-0.25, -0.2) is 0 Å². The summed E-state index contributed by atoms with van der Waals surface area (Å²) in [6, 6.07) is 0. The molecule has 2 atom stereocenters. The maximum Gasteiger partial charge on any atom is 0.169 e. The van der Waals surface area contributed by atoms with Gasteiger partial charge in [-0.3, -0.25) is 0 Å². The van der Waals surface area contributed by atoms with Gasteiger partial charge in [0.2, 0.25) is 0 Å². The van der Waals surface area contributed by atoms with Gasteiger partial charge in [0.25, 0.3) is 0 Å². The molecule has 0 aromatic heterocycles. The number of unbranched alkanes of at least 4 members (excludes halogenated alkanes) is 11. The highest BCUT2D eigenvalue weighted by molar-refractivity contribution is 5.08. The molecule has 0 unspecified atom stereocenters. The third kappa shape index (κ3) is 8.99. The van der Waals surface area contributed by atoms with Gasteiger partial charge < -0.3 is 14.6 Å². The number of aliphatic hydroxyl groups excluding tert-OH is 1. The van der Waals surface area contributed by atoms with Crippen molar-refractivity contribution in [3.05, 3.63) is 0 Å². The van der Waals surface area contributed by atoms with Crippen LogP contribution < -0.4 is 0 Å². The Labute approximate surface area is 167 Å². The van der Waals surface area contributed by atoms with E-state index in [-0.39, 0.29) is 6.10 Å². The predicted octanol–water partition coefficient (Wildman–Crippen LogP) is 6.13. The Balaban J connectivity index is 1.44. The molecule has 0 radical (unpaired) electrons. The second kappa shape index (κ2) is 13.6. The van der Waals surface area contributed by atoms with Gasteiger partial charge in [-0.15, -0.1) is 5.92 Å². The molecule has 1 saturated heterocycles. The Morgan fingerprint density at radius 1 is 0.889 bits per heavy atom. The first-order chi connectivity index (χ1) is 13.3. The molecule has 2 rings (SSSR count). The molecule has 1 aliphatic heterocycles. The van der Waals surface area contributed by atoms with Crippen molar-refractivity contribution >= 4 is 0 Å². The number of ether oxygens (including phenoxy) is 2. The van der Waals surface area contributed by atoms with Gasteiger partial charge >= 0.3 is 0 Å². The van der Waals surface area contributed by atoms with Crippen molar-refractivity contribution in [2.75, 3.05) is 6.61 Å². The highest BCUT2D eigenvalue weighted by Crippen LogP contribution is 2.38. The largest absolute Gasteiger partial charge is 0.378 e. The molecule has 1 N–H and O–H groups in total. The maximum atomic E-state index is 10.3. The first kappa shape index (κ1) is 22.7. The average Bonchev–Trinajstić information content (AvgIpc) is 3.09. The molecule has 2 aliphatic rings. The predicted molar refractivity (Wildman–Crippen MR) is 112 cm³/mol. The molecular formula is C24H42O3. The lowest BCUT2D eigenvalue weighted by Gasteiger charge is -2.31. The zero-order chi connectivity index (χ0) is 19.2. The summed E-state index contributed by atoms with van der Waals surface area (Å²) < 4.78 is 11.9. The SMILES string of the molecule is CCCCCCCCCCCCCC#C[C@H](O)[C@H]1COC2(CCCCC2)O1. The van der Waals surface area contributed by atoms with Gasteiger partial charge in [-0.2, -0.15) is 0 Å². The van der Waals surface area contributed by atoms with Gasteiger partial charge in [0.05, 0.1) is 6.61 Å². The van der Waals surface area contributed by atoms with Crippen LogP contribution in [0, 0.1) is 11.8 Å². The van der Waals surface area contributed by atoms with Gasteiger partial charge in [-0.1, -0.05) is 83.5 Å². The first-order valence-corrected chi connectivity index (χ1v) is 11.7. The van der Waals surface area contributed by atoms with Crippen LogP contribution in [0.2, 0.25) is 0 Å². The lowest BCUT2D eigenvalue weighted by Crippen LogP contribution is -2.35. The molecule has 156 valence electrons. The van der Waals surface area contributed by atoms with Gasteiger partial charge in [-0.05, 0) is 19.3 Å². The molecule has 1 heterocycles. The molecule has 1 aliphatic carbocycles. The number of aliphatic hydroxyl groups is 1. The molecule has 27 heavy (non-hydrogen) atoms. The van der Waals surface area contributed by atoms with Crippen LogP contribution in [0.1, 0.15) is 116 Å². The minimum absolute atomic E-state index is 0.270. The zero-order valence-electron chi connectivity index (χ0n) is 17.6. The third-order valence-electron chi connectivity index (χ3n) is 6.00. The van der Waals surface area contributed by atoms with E-state index in [1.165, 1.54) is 70.6 Å². The zero-order valence-corrected chi connectivity index (χ0v) is 17.6. The average molecular weight is 379 g/mol. The standard InChI is InChI=1S/C24H42O3/c1-2-3-4-5-6-7-8-9-10-11-12-13-15-18-22(25)23-21-26-24(27-23)19-16-14-17-20-24/h22-23,25H,2-14,16-17,19-21H2,1H3/t22-,23+/m0/s1. The van der Waals surface area contributed by atoms with E-state index >= 15 is 0 Å². The van der Waals surface area contributed by atoms with E-state index in [4.69, 9.17) is 9.47 Å². The van der Waals surface area contributed by atoms with E-state index in [1.54, 1.807) is 0 Å². The molecule has 2 fully saturated rings. The second-order valence-corrected chi connectivity index (χ2v) is 8.49. The molecule has 3 nitrogen and oxygen atoms in total. The third-order valence-corrected chi connectivity index (χ3v) is 6.00. The van der Waals surface area contributed by atoms with E-state index in [1.807, 2.05) is 0 Å². The summed E-state index contributed by atoms with van der Waals surface area (Å²) >= 11 is 0. The fourth-order valence-corrected chi connectivity index (χ4v) is 4.23. The summed E-state index contributed by atoms with van der Waals surface area (Å²) in [5.74, 6) is 5.72. The lowest BCUT2D eigenvalue weighted by molar-refractivity contribution is -0.192. The second-order valence-electron chi connectivity index (χ2n) is 8.49. The molecular weight excluding hydrogens is 336 g/mol.